The summed E-state index contributed by atoms with van der Waals surface area (Å²) >= 11 is 4.24. The van der Waals surface area contributed by atoms with E-state index in [1.165, 1.54) is 93.8 Å². The van der Waals surface area contributed by atoms with Gasteiger partial charge in [0, 0.05) is 68.8 Å². The van der Waals surface area contributed by atoms with Crippen molar-refractivity contribution in [2.24, 2.45) is 5.92 Å². The molecule has 0 spiro atoms. The summed E-state index contributed by atoms with van der Waals surface area (Å²) in [6, 6.07) is 0. The minimum absolute atomic E-state index is 0. The monoisotopic (exact) mass is 854 g/mol. The number of rotatable bonds is 1. The van der Waals surface area contributed by atoms with Crippen LogP contribution in [0.1, 0.15) is 141 Å². The highest BCUT2D eigenvalue weighted by molar-refractivity contribution is 15.0. The van der Waals surface area contributed by atoms with Gasteiger partial charge >= 0.3 is 0 Å². The van der Waals surface area contributed by atoms with E-state index in [4.69, 9.17) is 0 Å². The molecule has 214 valence electrons. The van der Waals surface area contributed by atoms with Crippen LogP contribution in [-0.2, 0) is 14.4 Å². The minimum atomic E-state index is 0. The zero-order valence-corrected chi connectivity index (χ0v) is 29.2. The quantitative estimate of drug-likeness (QED) is 0.150. The van der Waals surface area contributed by atoms with Gasteiger partial charge in [0.2, 0.25) is 0 Å². The van der Waals surface area contributed by atoms with Crippen LogP contribution in [0.15, 0.2) is 22.8 Å². The fourth-order valence-electron chi connectivity index (χ4n) is 6.03. The van der Waals surface area contributed by atoms with Gasteiger partial charge in [-0.3, -0.25) is 14.4 Å². The van der Waals surface area contributed by atoms with Crippen molar-refractivity contribution >= 4 is 78.6 Å². The molecule has 0 aromatic heterocycles. The minimum Gasteiger partial charge on any atom is -0.412 e. The maximum atomic E-state index is 11.7. The Labute approximate surface area is 266 Å². The van der Waals surface area contributed by atoms with Crippen LogP contribution in [0.5, 0.6) is 0 Å². The molecule has 0 aliphatic heterocycles. The van der Waals surface area contributed by atoms with Gasteiger partial charge in [-0.15, -0.1) is 24.0 Å². The zero-order valence-electron chi connectivity index (χ0n) is 22.6. The van der Waals surface area contributed by atoms with Gasteiger partial charge in [-0.25, -0.2) is 0 Å². The molecule has 0 saturated heterocycles. The predicted molar refractivity (Wildman–Crippen MR) is 182 cm³/mol. The molecule has 2 N–H and O–H groups in total. The average Bonchev–Trinajstić information content (AvgIpc) is 2.93. The fourth-order valence-corrected chi connectivity index (χ4v) is 6.03. The summed E-state index contributed by atoms with van der Waals surface area (Å²) in [5, 5.41) is 0. The third-order valence-electron chi connectivity index (χ3n) is 8.04. The highest BCUT2D eigenvalue weighted by Crippen LogP contribution is 2.33. The van der Waals surface area contributed by atoms with Gasteiger partial charge in [0.05, 0.1) is 0 Å². The van der Waals surface area contributed by atoms with Gasteiger partial charge in [0.15, 0.2) is 5.78 Å². The largest absolute Gasteiger partial charge is 0.412 e. The average molecular weight is 854 g/mol. The molecule has 0 aromatic rings. The molecule has 4 fully saturated rings. The van der Waals surface area contributed by atoms with Crippen molar-refractivity contribution in [1.29, 1.82) is 0 Å². The van der Waals surface area contributed by atoms with Gasteiger partial charge in [0.1, 0.15) is 11.6 Å². The number of hydrogen-bond acceptors (Lipinski definition) is 3. The molecule has 0 bridgehead atoms. The number of carbonyl (C=O) groups is 3. The number of carbonyl (C=O) groups excluding carboxylic acids is 3. The number of Topliss-reactive ketones (excluding diaryl/α,β-unsaturated/α-hetero) is 3. The Balaban J connectivity index is 0.000000514. The highest BCUT2D eigenvalue weighted by Gasteiger charge is 2.25. The van der Waals surface area contributed by atoms with Crippen LogP contribution in [0.25, 0.3) is 0 Å². The lowest BCUT2D eigenvalue weighted by molar-refractivity contribution is -0.123. The maximum absolute atomic E-state index is 11.7. The predicted octanol–water partition coefficient (Wildman–Crippen LogP) is 9.72. The van der Waals surface area contributed by atoms with Crippen LogP contribution in [0.2, 0.25) is 0 Å². The number of allylic oxidation sites excluding steroid dienone is 4. The second kappa shape index (κ2) is 23.4. The SMILES string of the molecule is I.II.O.O=C1CCCCC1.O=C1CCCCC1=C1CCCCC1.O=C1CCCCC1C1=CCCCC1. The lowest BCUT2D eigenvalue weighted by Crippen LogP contribution is -2.21. The molecule has 5 aliphatic carbocycles. The van der Waals surface area contributed by atoms with E-state index in [1.807, 2.05) is 0 Å². The Morgan fingerprint density at radius 3 is 1.65 bits per heavy atom. The van der Waals surface area contributed by atoms with Crippen molar-refractivity contribution in [3.8, 4) is 0 Å². The molecular formula is C30H49I3O4. The smallest absolute Gasteiger partial charge is 0.158 e. The van der Waals surface area contributed by atoms with E-state index in [1.54, 1.807) is 0 Å². The molecule has 7 heteroatoms. The van der Waals surface area contributed by atoms with Gasteiger partial charge in [0.25, 0.3) is 0 Å². The molecule has 1 unspecified atom stereocenters. The van der Waals surface area contributed by atoms with E-state index in [9.17, 15) is 14.4 Å². The second-order valence-corrected chi connectivity index (χ2v) is 10.7. The molecule has 37 heavy (non-hydrogen) atoms. The standard InChI is InChI=1S/2C12H18O.C6H10O.I2.HI.H2O/c2*13-12-9-5-4-8-11(12)10-6-2-1-3-7-10;7-6-4-2-1-3-5-6;1-2;;/h1-9H2;6,11H,1-5,7-9H2;1-5H2;;1H;1H2. The summed E-state index contributed by atoms with van der Waals surface area (Å²) in [5.74, 6) is 1.77. The van der Waals surface area contributed by atoms with E-state index < -0.39 is 0 Å². The van der Waals surface area contributed by atoms with Crippen LogP contribution in [0, 0.1) is 5.92 Å². The second-order valence-electron chi connectivity index (χ2n) is 10.7. The van der Waals surface area contributed by atoms with E-state index in [2.05, 4.69) is 43.3 Å². The van der Waals surface area contributed by atoms with Crippen molar-refractivity contribution in [3.63, 3.8) is 0 Å². The molecule has 4 nitrogen and oxygen atoms in total. The highest BCUT2D eigenvalue weighted by atomic mass is 128. The molecule has 0 aromatic carbocycles. The Bertz CT molecular complexity index is 729. The Kier molecular flexibility index (Phi) is 23.8. The van der Waals surface area contributed by atoms with Gasteiger partial charge < -0.3 is 5.48 Å². The zero-order chi connectivity index (χ0) is 25.3. The molecule has 0 radical (unpaired) electrons. The lowest BCUT2D eigenvalue weighted by atomic mass is 9.79. The van der Waals surface area contributed by atoms with Gasteiger partial charge in [-0.2, -0.15) is 0 Å². The normalized spacial score (nSPS) is 23.8. The Morgan fingerprint density at radius 2 is 1.14 bits per heavy atom. The van der Waals surface area contributed by atoms with Crippen molar-refractivity contribution in [2.45, 2.75) is 141 Å². The summed E-state index contributed by atoms with van der Waals surface area (Å²) < 4.78 is 0. The Hall–Kier alpha value is 0.640. The van der Waals surface area contributed by atoms with Crippen molar-refractivity contribution < 1.29 is 19.9 Å². The first-order chi connectivity index (χ1) is 17.1. The maximum Gasteiger partial charge on any atom is 0.158 e. The summed E-state index contributed by atoms with van der Waals surface area (Å²) in [4.78, 5) is 33.8. The van der Waals surface area contributed by atoms with E-state index in [0.29, 0.717) is 23.3 Å². The number of halogens is 3. The van der Waals surface area contributed by atoms with E-state index in [-0.39, 0.29) is 29.5 Å². The van der Waals surface area contributed by atoms with E-state index in [0.717, 1.165) is 64.2 Å². The van der Waals surface area contributed by atoms with Gasteiger partial charge in [-0.05, 0) is 102 Å². The summed E-state index contributed by atoms with van der Waals surface area (Å²) in [6.45, 7) is 0. The van der Waals surface area contributed by atoms with Crippen LogP contribution in [0.4, 0.5) is 0 Å². The molecule has 4 saturated carbocycles. The molecule has 5 aliphatic rings. The van der Waals surface area contributed by atoms with Crippen LogP contribution in [-0.4, -0.2) is 22.8 Å². The first kappa shape index (κ1) is 37.6. The molecular weight excluding hydrogens is 805 g/mol. The molecule has 1 atom stereocenters. The van der Waals surface area contributed by atoms with Crippen LogP contribution < -0.4 is 0 Å². The number of hydrogen-bond donors (Lipinski definition) is 0. The Morgan fingerprint density at radius 1 is 0.595 bits per heavy atom. The lowest BCUT2D eigenvalue weighted by Gasteiger charge is -2.25. The third kappa shape index (κ3) is 14.7. The summed E-state index contributed by atoms with van der Waals surface area (Å²) in [7, 11) is 0. The van der Waals surface area contributed by atoms with Crippen molar-refractivity contribution in [1.82, 2.24) is 0 Å². The van der Waals surface area contributed by atoms with Crippen molar-refractivity contribution in [3.05, 3.63) is 22.8 Å². The van der Waals surface area contributed by atoms with Crippen LogP contribution >= 0.6 is 61.2 Å². The third-order valence-corrected chi connectivity index (χ3v) is 8.04. The topological polar surface area (TPSA) is 82.7 Å². The summed E-state index contributed by atoms with van der Waals surface area (Å²) in [5.41, 5.74) is 4.21. The molecule has 5 rings (SSSR count). The van der Waals surface area contributed by atoms with E-state index >= 15 is 0 Å². The van der Waals surface area contributed by atoms with Crippen molar-refractivity contribution in [2.75, 3.05) is 0 Å². The van der Waals surface area contributed by atoms with Gasteiger partial charge in [-0.1, -0.05) is 36.5 Å². The first-order valence-electron chi connectivity index (χ1n) is 14.3. The molecule has 0 amide bonds. The number of ketones is 3. The molecule has 0 heterocycles. The fraction of sp³-hybridized carbons (Fsp3) is 0.767. The van der Waals surface area contributed by atoms with Crippen LogP contribution in [0.3, 0.4) is 0 Å². The summed E-state index contributed by atoms with van der Waals surface area (Å²) in [6.07, 6.45) is 27.6. The first-order valence-corrected chi connectivity index (χ1v) is 20.6.